The highest BCUT2D eigenvalue weighted by molar-refractivity contribution is 7.09. The van der Waals surface area contributed by atoms with Gasteiger partial charge < -0.3 is 5.73 Å². The summed E-state index contributed by atoms with van der Waals surface area (Å²) in [6, 6.07) is 12.0. The van der Waals surface area contributed by atoms with Crippen molar-refractivity contribution in [3.63, 3.8) is 0 Å². The first-order chi connectivity index (χ1) is 9.58. The molecule has 1 heterocycles. The molecule has 0 saturated heterocycles. The Balaban J connectivity index is 2.29. The van der Waals surface area contributed by atoms with Crippen LogP contribution >= 0.6 is 11.3 Å². The zero-order valence-corrected chi connectivity index (χ0v) is 12.7. The predicted octanol–water partition coefficient (Wildman–Crippen LogP) is 2.94. The van der Waals surface area contributed by atoms with E-state index in [9.17, 15) is 4.79 Å². The lowest BCUT2D eigenvalue weighted by Crippen LogP contribution is -2.51. The number of hydrogen-bond acceptors (Lipinski definition) is 3. The molecule has 0 radical (unpaired) electrons. The fraction of sp³-hybridized carbons (Fsp3) is 0.312. The second kappa shape index (κ2) is 6.20. The van der Waals surface area contributed by atoms with E-state index in [2.05, 4.69) is 5.32 Å². The van der Waals surface area contributed by atoms with Crippen molar-refractivity contribution in [1.82, 2.24) is 5.32 Å². The van der Waals surface area contributed by atoms with E-state index < -0.39 is 5.54 Å². The number of hydrogen-bond donors (Lipinski definition) is 2. The van der Waals surface area contributed by atoms with Crippen molar-refractivity contribution in [2.45, 2.75) is 32.4 Å². The molecule has 2 rings (SSSR count). The molecule has 1 unspecified atom stereocenters. The van der Waals surface area contributed by atoms with Gasteiger partial charge in [0.15, 0.2) is 0 Å². The number of nitrogens with one attached hydrogen (secondary N) is 1. The number of benzene rings is 1. The number of thiophene rings is 1. The average molecular weight is 288 g/mol. The van der Waals surface area contributed by atoms with Crippen LogP contribution in [0.4, 0.5) is 0 Å². The lowest BCUT2D eigenvalue weighted by atomic mass is 9.86. The maximum Gasteiger partial charge on any atom is 0.242 e. The highest BCUT2D eigenvalue weighted by atomic mass is 32.1. The summed E-state index contributed by atoms with van der Waals surface area (Å²) in [6.07, 6.45) is 0.622. The van der Waals surface area contributed by atoms with Crippen LogP contribution in [-0.4, -0.2) is 5.91 Å². The first-order valence-corrected chi connectivity index (χ1v) is 7.61. The SMILES string of the molecule is CCC(NCc1cccs1)(C(N)=O)c1ccc(C)cc1. The van der Waals surface area contributed by atoms with Crippen molar-refractivity contribution in [3.05, 3.63) is 57.8 Å². The lowest BCUT2D eigenvalue weighted by Gasteiger charge is -2.31. The number of carbonyl (C=O) groups is 1. The summed E-state index contributed by atoms with van der Waals surface area (Å²) >= 11 is 1.67. The Morgan fingerprint density at radius 2 is 2.00 bits per heavy atom. The monoisotopic (exact) mass is 288 g/mol. The first kappa shape index (κ1) is 14.8. The summed E-state index contributed by atoms with van der Waals surface area (Å²) in [5, 5.41) is 5.38. The Bertz CT molecular complexity index is 563. The van der Waals surface area contributed by atoms with Gasteiger partial charge in [-0.15, -0.1) is 11.3 Å². The van der Waals surface area contributed by atoms with Gasteiger partial charge in [-0.3, -0.25) is 10.1 Å². The molecule has 1 amide bonds. The fourth-order valence-corrected chi connectivity index (χ4v) is 2.97. The molecule has 3 N–H and O–H groups in total. The molecule has 2 aromatic rings. The van der Waals surface area contributed by atoms with E-state index in [0.717, 1.165) is 5.56 Å². The maximum absolute atomic E-state index is 12.1. The van der Waals surface area contributed by atoms with Gasteiger partial charge >= 0.3 is 0 Å². The van der Waals surface area contributed by atoms with Crippen molar-refractivity contribution in [2.24, 2.45) is 5.73 Å². The van der Waals surface area contributed by atoms with Crippen LogP contribution < -0.4 is 11.1 Å². The molecule has 0 fully saturated rings. The van der Waals surface area contributed by atoms with Crippen molar-refractivity contribution in [2.75, 3.05) is 0 Å². The molecule has 0 saturated carbocycles. The summed E-state index contributed by atoms with van der Waals surface area (Å²) in [6.45, 7) is 4.65. The molecule has 1 aromatic heterocycles. The van der Waals surface area contributed by atoms with Gasteiger partial charge in [-0.05, 0) is 30.4 Å². The molecule has 0 aliphatic rings. The number of primary amides is 1. The quantitative estimate of drug-likeness (QED) is 0.858. The van der Waals surface area contributed by atoms with Crippen LogP contribution in [-0.2, 0) is 16.9 Å². The first-order valence-electron chi connectivity index (χ1n) is 6.73. The van der Waals surface area contributed by atoms with Crippen LogP contribution in [0.15, 0.2) is 41.8 Å². The minimum absolute atomic E-state index is 0.333. The molecule has 1 aromatic carbocycles. The summed E-state index contributed by atoms with van der Waals surface area (Å²) in [7, 11) is 0. The number of nitrogens with two attached hydrogens (primary N) is 1. The molecule has 0 aliphatic carbocycles. The van der Waals surface area contributed by atoms with Gasteiger partial charge in [0.05, 0.1) is 0 Å². The van der Waals surface area contributed by atoms with Crippen molar-refractivity contribution < 1.29 is 4.79 Å². The molecule has 0 spiro atoms. The molecule has 0 bridgehead atoms. The molecule has 4 heteroatoms. The minimum Gasteiger partial charge on any atom is -0.368 e. The van der Waals surface area contributed by atoms with Crippen LogP contribution in [0.3, 0.4) is 0 Å². The van der Waals surface area contributed by atoms with Crippen LogP contribution in [0, 0.1) is 6.92 Å². The Hall–Kier alpha value is -1.65. The van der Waals surface area contributed by atoms with Crippen molar-refractivity contribution in [1.29, 1.82) is 0 Å². The smallest absolute Gasteiger partial charge is 0.242 e. The topological polar surface area (TPSA) is 55.1 Å². The molecule has 1 atom stereocenters. The van der Waals surface area contributed by atoms with E-state index in [1.807, 2.05) is 55.6 Å². The van der Waals surface area contributed by atoms with E-state index >= 15 is 0 Å². The number of amides is 1. The van der Waals surface area contributed by atoms with Gasteiger partial charge in [-0.2, -0.15) is 0 Å². The Labute approximate surface area is 123 Å². The maximum atomic E-state index is 12.1. The number of carbonyl (C=O) groups excluding carboxylic acids is 1. The third kappa shape index (κ3) is 2.92. The Morgan fingerprint density at radius 3 is 2.50 bits per heavy atom. The number of rotatable bonds is 6. The third-order valence-corrected chi connectivity index (χ3v) is 4.52. The fourth-order valence-electron chi connectivity index (χ4n) is 2.32. The van der Waals surface area contributed by atoms with Gasteiger partial charge in [0, 0.05) is 11.4 Å². The summed E-state index contributed by atoms with van der Waals surface area (Å²) in [4.78, 5) is 13.3. The highest BCUT2D eigenvalue weighted by Gasteiger charge is 2.36. The third-order valence-electron chi connectivity index (χ3n) is 3.64. The van der Waals surface area contributed by atoms with E-state index in [0.29, 0.717) is 13.0 Å². The molecule has 20 heavy (non-hydrogen) atoms. The van der Waals surface area contributed by atoms with Crippen LogP contribution in [0.2, 0.25) is 0 Å². The molecule has 3 nitrogen and oxygen atoms in total. The second-order valence-electron chi connectivity index (χ2n) is 4.92. The zero-order valence-electron chi connectivity index (χ0n) is 11.8. The highest BCUT2D eigenvalue weighted by Crippen LogP contribution is 2.26. The molecular formula is C16H20N2OS. The standard InChI is InChI=1S/C16H20N2OS/c1-3-16(15(17)19,13-8-6-12(2)7-9-13)18-11-14-5-4-10-20-14/h4-10,18H,3,11H2,1-2H3,(H2,17,19). The number of aryl methyl sites for hydroxylation is 1. The van der Waals surface area contributed by atoms with E-state index in [4.69, 9.17) is 5.73 Å². The van der Waals surface area contributed by atoms with Crippen LogP contribution in [0.1, 0.15) is 29.3 Å². The van der Waals surface area contributed by atoms with Gasteiger partial charge in [0.25, 0.3) is 0 Å². The Morgan fingerprint density at radius 1 is 1.30 bits per heavy atom. The zero-order chi connectivity index (χ0) is 14.6. The summed E-state index contributed by atoms with van der Waals surface area (Å²) in [5.74, 6) is -0.333. The molecule has 106 valence electrons. The Kier molecular flexibility index (Phi) is 4.57. The molecular weight excluding hydrogens is 268 g/mol. The van der Waals surface area contributed by atoms with Gasteiger partial charge in [0.2, 0.25) is 5.91 Å². The lowest BCUT2D eigenvalue weighted by molar-refractivity contribution is -0.125. The largest absolute Gasteiger partial charge is 0.368 e. The predicted molar refractivity (Wildman–Crippen MR) is 83.5 cm³/mol. The van der Waals surface area contributed by atoms with Gasteiger partial charge in [-0.1, -0.05) is 42.8 Å². The van der Waals surface area contributed by atoms with Crippen molar-refractivity contribution in [3.8, 4) is 0 Å². The summed E-state index contributed by atoms with van der Waals surface area (Å²) < 4.78 is 0. The van der Waals surface area contributed by atoms with Gasteiger partial charge in [-0.25, -0.2) is 0 Å². The van der Waals surface area contributed by atoms with E-state index in [-0.39, 0.29) is 5.91 Å². The second-order valence-corrected chi connectivity index (χ2v) is 5.95. The summed E-state index contributed by atoms with van der Waals surface area (Å²) in [5.41, 5.74) is 6.98. The van der Waals surface area contributed by atoms with E-state index in [1.54, 1.807) is 11.3 Å². The van der Waals surface area contributed by atoms with Crippen LogP contribution in [0.5, 0.6) is 0 Å². The normalized spacial score (nSPS) is 13.9. The average Bonchev–Trinajstić information content (AvgIpc) is 2.94. The van der Waals surface area contributed by atoms with Gasteiger partial charge in [0.1, 0.15) is 5.54 Å². The van der Waals surface area contributed by atoms with Crippen LogP contribution in [0.25, 0.3) is 0 Å². The van der Waals surface area contributed by atoms with Crippen molar-refractivity contribution >= 4 is 17.2 Å². The molecule has 0 aliphatic heterocycles. The van der Waals surface area contributed by atoms with E-state index in [1.165, 1.54) is 10.4 Å². The minimum atomic E-state index is -0.808.